The quantitative estimate of drug-likeness (QED) is 0.0873. The number of rotatable bonds is 11. The van der Waals surface area contributed by atoms with Crippen LogP contribution in [0.25, 0.3) is 11.3 Å². The summed E-state index contributed by atoms with van der Waals surface area (Å²) in [4.78, 5) is 85.6. The normalized spacial score (nSPS) is 18.4. The first-order chi connectivity index (χ1) is 30.3. The molecule has 3 saturated heterocycles. The molecule has 330 valence electrons. The highest BCUT2D eigenvalue weighted by Crippen LogP contribution is 2.42. The van der Waals surface area contributed by atoms with Crippen LogP contribution in [-0.4, -0.2) is 100 Å². The second kappa shape index (κ2) is 17.5. The molecule has 3 aliphatic rings. The number of nitriles is 1. The van der Waals surface area contributed by atoms with Crippen molar-refractivity contribution < 1.29 is 55.8 Å². The zero-order chi connectivity index (χ0) is 46.2. The fourth-order valence-corrected chi connectivity index (χ4v) is 8.30. The number of hydrogen-bond acceptors (Lipinski definition) is 11. The van der Waals surface area contributed by atoms with Crippen LogP contribution in [0.15, 0.2) is 72.9 Å². The second-order valence-corrected chi connectivity index (χ2v) is 15.9. The summed E-state index contributed by atoms with van der Waals surface area (Å²) in [5.41, 5.74) is -3.55. The molecule has 0 radical (unpaired) electrons. The Kier molecular flexibility index (Phi) is 12.2. The lowest BCUT2D eigenvalue weighted by molar-refractivity contribution is -0.140. The number of likely N-dealkylation sites (N-methyl/N-ethyl adjacent to an activating group) is 1. The van der Waals surface area contributed by atoms with Crippen molar-refractivity contribution in [3.05, 3.63) is 101 Å². The van der Waals surface area contributed by atoms with Gasteiger partial charge in [0.25, 0.3) is 17.7 Å². The maximum atomic E-state index is 15.4. The van der Waals surface area contributed by atoms with Crippen molar-refractivity contribution in [2.75, 3.05) is 36.5 Å². The molecule has 2 unspecified atom stereocenters. The number of amides is 5. The number of imide groups is 1. The van der Waals surface area contributed by atoms with Gasteiger partial charge < -0.3 is 24.2 Å². The Morgan fingerprint density at radius 2 is 1.80 bits per heavy atom. The zero-order valence-corrected chi connectivity index (χ0v) is 35.1. The van der Waals surface area contributed by atoms with Gasteiger partial charge in [-0.15, -0.1) is 0 Å². The van der Waals surface area contributed by atoms with E-state index in [9.17, 15) is 47.2 Å². The van der Waals surface area contributed by atoms with Gasteiger partial charge in [0.05, 0.1) is 47.0 Å². The van der Waals surface area contributed by atoms with E-state index in [0.717, 1.165) is 17.0 Å². The van der Waals surface area contributed by atoms with Gasteiger partial charge >= 0.3 is 6.18 Å². The molecule has 15 nitrogen and oxygen atoms in total. The number of alkyl halides is 3. The van der Waals surface area contributed by atoms with Crippen LogP contribution in [0.4, 0.5) is 28.9 Å². The molecule has 2 atom stereocenters. The third kappa shape index (κ3) is 8.45. The van der Waals surface area contributed by atoms with Crippen LogP contribution in [0.5, 0.6) is 11.5 Å². The number of nitrogens with zero attached hydrogens (tertiary/aromatic N) is 6. The zero-order valence-electron chi connectivity index (χ0n) is 34.3. The van der Waals surface area contributed by atoms with Crippen molar-refractivity contribution in [3.63, 3.8) is 0 Å². The van der Waals surface area contributed by atoms with E-state index in [0.29, 0.717) is 46.8 Å². The van der Waals surface area contributed by atoms with Crippen molar-refractivity contribution in [1.82, 2.24) is 20.1 Å². The molecule has 0 saturated carbocycles. The monoisotopic (exact) mass is 899 g/mol. The van der Waals surface area contributed by atoms with Crippen LogP contribution in [0.3, 0.4) is 0 Å². The van der Waals surface area contributed by atoms with Crippen LogP contribution in [-0.2, 0) is 25.4 Å². The van der Waals surface area contributed by atoms with Gasteiger partial charge in [-0.25, -0.2) is 4.39 Å². The average Bonchev–Trinajstić information content (AvgIpc) is 3.80. The molecule has 3 fully saturated rings. The van der Waals surface area contributed by atoms with E-state index in [2.05, 4.69) is 10.3 Å². The van der Waals surface area contributed by atoms with Crippen molar-refractivity contribution in [1.29, 1.82) is 5.26 Å². The van der Waals surface area contributed by atoms with Crippen molar-refractivity contribution >= 4 is 64.5 Å². The SMILES string of the molecule is CN(C(=O)c1c(C=O)cccc1OCC(=O)N1CCC(Oc2ccc(-c3ccc(N4C(=S)N(c5ccc(C#N)c(C(F)(F)F)c5F)C(=O)C4(C)C)cn3)cc2)C1)C1CCC(=O)NC1=O. The van der Waals surface area contributed by atoms with Gasteiger partial charge in [0, 0.05) is 37.6 Å². The standard InChI is InChI=1S/C44H37F4N7O8S/c1-43(2)41(61)54(31-14-9-25(19-49)37(38(31)45)44(46,47)48)42(64)55(43)27-10-13-30(50-20-27)24-7-11-28(12-8-24)63-29-17-18-53(21-29)35(58)23-62-33-6-4-5-26(22-56)36(33)40(60)52(3)32-15-16-34(57)51-39(32)59/h4-14,20,22,29,32H,15-18,21,23H2,1-3H3,(H,51,57,59). The fourth-order valence-electron chi connectivity index (χ4n) is 7.78. The molecule has 4 aromatic rings. The smallest absolute Gasteiger partial charge is 0.420 e. The van der Waals surface area contributed by atoms with Crippen LogP contribution < -0.4 is 24.6 Å². The number of benzene rings is 3. The molecule has 3 aromatic carbocycles. The minimum absolute atomic E-state index is 0.000724. The first-order valence-electron chi connectivity index (χ1n) is 19.7. The average molecular weight is 900 g/mol. The molecule has 0 spiro atoms. The fraction of sp³-hybridized carbons (Fsp3) is 0.295. The number of pyridine rings is 1. The van der Waals surface area contributed by atoms with Gasteiger partial charge in [0.1, 0.15) is 34.7 Å². The van der Waals surface area contributed by atoms with Crippen LogP contribution in [0.1, 0.15) is 65.0 Å². The molecule has 4 heterocycles. The summed E-state index contributed by atoms with van der Waals surface area (Å²) < 4.78 is 68.7. The Balaban J connectivity index is 0.964. The summed E-state index contributed by atoms with van der Waals surface area (Å²) in [6, 6.07) is 16.7. The van der Waals surface area contributed by atoms with Crippen LogP contribution in [0.2, 0.25) is 0 Å². The maximum Gasteiger partial charge on any atom is 0.420 e. The van der Waals surface area contributed by atoms with Gasteiger partial charge in [-0.05, 0) is 87.1 Å². The highest BCUT2D eigenvalue weighted by Gasteiger charge is 2.52. The number of likely N-dealkylation sites (tertiary alicyclic amines) is 1. The number of nitrogens with one attached hydrogen (secondary N) is 1. The minimum Gasteiger partial charge on any atom is -0.489 e. The van der Waals surface area contributed by atoms with Crippen molar-refractivity contribution in [2.24, 2.45) is 0 Å². The summed E-state index contributed by atoms with van der Waals surface area (Å²) >= 11 is 5.53. The highest BCUT2D eigenvalue weighted by atomic mass is 32.1. The number of piperidine rings is 1. The number of aromatic nitrogens is 1. The van der Waals surface area contributed by atoms with E-state index in [1.54, 1.807) is 41.3 Å². The van der Waals surface area contributed by atoms with E-state index in [-0.39, 0.29) is 47.5 Å². The summed E-state index contributed by atoms with van der Waals surface area (Å²) in [5.74, 6) is -4.27. The molecule has 7 rings (SSSR count). The highest BCUT2D eigenvalue weighted by molar-refractivity contribution is 7.81. The van der Waals surface area contributed by atoms with Crippen molar-refractivity contribution in [2.45, 2.75) is 57.0 Å². The minimum atomic E-state index is -5.21. The van der Waals surface area contributed by atoms with Gasteiger partial charge in [-0.2, -0.15) is 18.4 Å². The number of anilines is 2. The number of carbonyl (C=O) groups excluding carboxylic acids is 6. The second-order valence-electron chi connectivity index (χ2n) is 15.6. The maximum absolute atomic E-state index is 15.4. The Labute approximate surface area is 368 Å². The number of hydrogen-bond donors (Lipinski definition) is 1. The van der Waals surface area contributed by atoms with E-state index in [1.165, 1.54) is 56.3 Å². The predicted octanol–water partition coefficient (Wildman–Crippen LogP) is 5.44. The molecule has 3 aliphatic heterocycles. The lowest BCUT2D eigenvalue weighted by atomic mass is 10.0. The number of carbonyl (C=O) groups is 6. The van der Waals surface area contributed by atoms with E-state index in [1.807, 2.05) is 0 Å². The Morgan fingerprint density at radius 1 is 1.06 bits per heavy atom. The van der Waals surface area contributed by atoms with Crippen LogP contribution in [0, 0.1) is 17.1 Å². The number of aldehydes is 1. The van der Waals surface area contributed by atoms with Gasteiger partial charge in [-0.3, -0.25) is 44.0 Å². The number of thiocarbonyl (C=S) groups is 1. The summed E-state index contributed by atoms with van der Waals surface area (Å²) in [6.07, 6.45) is -3.02. The molecule has 1 aromatic heterocycles. The topological polar surface area (TPSA) is 183 Å². The Hall–Kier alpha value is -7.27. The van der Waals surface area contributed by atoms with Gasteiger partial charge in [0.15, 0.2) is 23.8 Å². The van der Waals surface area contributed by atoms with Crippen LogP contribution >= 0.6 is 12.2 Å². The van der Waals surface area contributed by atoms with E-state index < -0.39 is 76.5 Å². The Morgan fingerprint density at radius 3 is 2.44 bits per heavy atom. The van der Waals surface area contributed by atoms with E-state index >= 15 is 4.39 Å². The molecule has 5 amide bonds. The van der Waals surface area contributed by atoms with Gasteiger partial charge in [0.2, 0.25) is 11.8 Å². The first-order valence-corrected chi connectivity index (χ1v) is 20.1. The Bertz CT molecular complexity index is 2640. The third-order valence-corrected chi connectivity index (χ3v) is 11.5. The summed E-state index contributed by atoms with van der Waals surface area (Å²) in [6.45, 7) is 3.11. The largest absolute Gasteiger partial charge is 0.489 e. The third-order valence-electron chi connectivity index (χ3n) is 11.1. The van der Waals surface area contributed by atoms with E-state index in [4.69, 9.17) is 21.7 Å². The molecule has 0 aliphatic carbocycles. The van der Waals surface area contributed by atoms with Crippen molar-refractivity contribution in [3.8, 4) is 28.8 Å². The summed E-state index contributed by atoms with van der Waals surface area (Å²) in [7, 11) is 1.38. The molecule has 20 heteroatoms. The predicted molar refractivity (Wildman–Crippen MR) is 224 cm³/mol. The first kappa shape index (κ1) is 44.8. The lowest BCUT2D eigenvalue weighted by Crippen LogP contribution is -2.53. The molecular formula is C44H37F4N7O8S. The molecule has 0 bridgehead atoms. The number of halogens is 4. The number of ether oxygens (including phenoxy) is 2. The molecule has 64 heavy (non-hydrogen) atoms. The van der Waals surface area contributed by atoms with Gasteiger partial charge in [-0.1, -0.05) is 12.1 Å². The lowest BCUT2D eigenvalue weighted by Gasteiger charge is -2.30. The molecule has 1 N–H and O–H groups in total. The summed E-state index contributed by atoms with van der Waals surface area (Å²) in [5, 5.41) is 11.1. The molecular weight excluding hydrogens is 863 g/mol.